The Morgan fingerprint density at radius 1 is 1.67 bits per heavy atom. The zero-order chi connectivity index (χ0) is 10.8. The third-order valence-corrected chi connectivity index (χ3v) is 5.06. The molecule has 0 spiro atoms. The normalized spacial score (nSPS) is 25.7. The molecule has 0 aromatic carbocycles. The number of carboxylic acid groups (broad SMARTS) is 1. The van der Waals surface area contributed by atoms with Crippen molar-refractivity contribution in [3.63, 3.8) is 0 Å². The maximum absolute atomic E-state index is 10.8. The molecule has 1 aliphatic rings. The van der Waals surface area contributed by atoms with Gasteiger partial charge in [0.25, 0.3) is 0 Å². The highest BCUT2D eigenvalue weighted by Gasteiger charge is 2.30. The average Bonchev–Trinajstić information content (AvgIpc) is 2.86. The van der Waals surface area contributed by atoms with Gasteiger partial charge in [-0.2, -0.15) is 0 Å². The highest BCUT2D eigenvalue weighted by Crippen LogP contribution is 2.36. The number of rotatable bonds is 3. The van der Waals surface area contributed by atoms with Gasteiger partial charge in [-0.05, 0) is 18.6 Å². The van der Waals surface area contributed by atoms with Gasteiger partial charge in [0, 0.05) is 15.5 Å². The lowest BCUT2D eigenvalue weighted by Crippen LogP contribution is -2.33. The molecular weight excluding hydrogens is 230 g/mol. The van der Waals surface area contributed by atoms with E-state index in [1.165, 1.54) is 9.75 Å². The van der Waals surface area contributed by atoms with E-state index < -0.39 is 12.0 Å². The lowest BCUT2D eigenvalue weighted by Gasteiger charge is -2.07. The van der Waals surface area contributed by atoms with Crippen LogP contribution in [0.15, 0.2) is 12.1 Å². The van der Waals surface area contributed by atoms with E-state index in [1.54, 1.807) is 23.1 Å². The van der Waals surface area contributed by atoms with Crippen LogP contribution in [-0.2, 0) is 11.2 Å². The lowest BCUT2D eigenvalue weighted by molar-refractivity contribution is -0.138. The molecule has 0 radical (unpaired) electrons. The Bertz CT molecular complexity index is 364. The number of hydrogen-bond donors (Lipinski definition) is 2. The number of aryl methyl sites for hydroxylation is 1. The summed E-state index contributed by atoms with van der Waals surface area (Å²) in [5.41, 5.74) is 0. The van der Waals surface area contributed by atoms with Crippen LogP contribution in [0.2, 0.25) is 0 Å². The molecule has 1 unspecified atom stereocenters. The second kappa shape index (κ2) is 4.55. The molecule has 82 valence electrons. The van der Waals surface area contributed by atoms with E-state index in [-0.39, 0.29) is 5.37 Å². The van der Waals surface area contributed by atoms with Crippen molar-refractivity contribution in [3.05, 3.63) is 21.9 Å². The van der Waals surface area contributed by atoms with Crippen molar-refractivity contribution in [2.75, 3.05) is 5.75 Å². The molecule has 0 aliphatic carbocycles. The van der Waals surface area contributed by atoms with Gasteiger partial charge < -0.3 is 5.11 Å². The van der Waals surface area contributed by atoms with Crippen LogP contribution in [0, 0.1) is 0 Å². The first-order chi connectivity index (χ1) is 7.20. The Morgan fingerprint density at radius 2 is 2.47 bits per heavy atom. The Balaban J connectivity index is 2.04. The fourth-order valence-corrected chi connectivity index (χ4v) is 3.87. The molecule has 1 fully saturated rings. The summed E-state index contributed by atoms with van der Waals surface area (Å²) in [6.45, 7) is 2.13. The van der Waals surface area contributed by atoms with Crippen molar-refractivity contribution in [3.8, 4) is 0 Å². The molecule has 5 heteroatoms. The van der Waals surface area contributed by atoms with Gasteiger partial charge in [0.15, 0.2) is 0 Å². The van der Waals surface area contributed by atoms with E-state index in [2.05, 4.69) is 24.4 Å². The minimum absolute atomic E-state index is 0.163. The molecule has 1 aliphatic heterocycles. The smallest absolute Gasteiger partial charge is 0.321 e. The molecule has 2 rings (SSSR count). The molecule has 1 aromatic rings. The number of carboxylic acids is 1. The third kappa shape index (κ3) is 2.35. The van der Waals surface area contributed by atoms with Crippen LogP contribution < -0.4 is 5.32 Å². The molecule has 3 nitrogen and oxygen atoms in total. The fourth-order valence-electron chi connectivity index (χ4n) is 1.50. The van der Waals surface area contributed by atoms with Gasteiger partial charge >= 0.3 is 5.97 Å². The highest BCUT2D eigenvalue weighted by molar-refractivity contribution is 7.99. The Kier molecular flexibility index (Phi) is 3.33. The van der Waals surface area contributed by atoms with Crippen molar-refractivity contribution in [2.45, 2.75) is 24.8 Å². The predicted molar refractivity (Wildman–Crippen MR) is 63.5 cm³/mol. The number of thioether (sulfide) groups is 1. The van der Waals surface area contributed by atoms with E-state index in [0.29, 0.717) is 5.75 Å². The summed E-state index contributed by atoms with van der Waals surface area (Å²) in [5.74, 6) is -0.100. The zero-order valence-electron chi connectivity index (χ0n) is 8.40. The number of nitrogens with one attached hydrogen (secondary N) is 1. The first kappa shape index (κ1) is 11.0. The Hall–Kier alpha value is -0.520. The van der Waals surface area contributed by atoms with Crippen LogP contribution >= 0.6 is 23.1 Å². The van der Waals surface area contributed by atoms with Gasteiger partial charge in [-0.3, -0.25) is 10.1 Å². The Morgan fingerprint density at radius 3 is 3.00 bits per heavy atom. The van der Waals surface area contributed by atoms with E-state index in [0.717, 1.165) is 6.42 Å². The molecule has 15 heavy (non-hydrogen) atoms. The molecule has 1 aromatic heterocycles. The fraction of sp³-hybridized carbons (Fsp3) is 0.500. The van der Waals surface area contributed by atoms with Crippen LogP contribution in [0.25, 0.3) is 0 Å². The van der Waals surface area contributed by atoms with Gasteiger partial charge in [0.2, 0.25) is 0 Å². The molecule has 2 heterocycles. The van der Waals surface area contributed by atoms with Gasteiger partial charge in [-0.25, -0.2) is 0 Å². The van der Waals surface area contributed by atoms with Gasteiger partial charge in [0.1, 0.15) is 6.04 Å². The van der Waals surface area contributed by atoms with E-state index in [9.17, 15) is 4.79 Å². The van der Waals surface area contributed by atoms with Crippen LogP contribution in [-0.4, -0.2) is 22.9 Å². The Labute approximate surface area is 96.9 Å². The van der Waals surface area contributed by atoms with Crippen molar-refractivity contribution < 1.29 is 9.90 Å². The van der Waals surface area contributed by atoms with Gasteiger partial charge in [0.05, 0.1) is 5.37 Å². The van der Waals surface area contributed by atoms with Crippen LogP contribution in [0.3, 0.4) is 0 Å². The number of hydrogen-bond acceptors (Lipinski definition) is 4. The highest BCUT2D eigenvalue weighted by atomic mass is 32.2. The van der Waals surface area contributed by atoms with Crippen LogP contribution in [0.4, 0.5) is 0 Å². The maximum Gasteiger partial charge on any atom is 0.321 e. The summed E-state index contributed by atoms with van der Waals surface area (Å²) in [6.07, 6.45) is 1.05. The van der Waals surface area contributed by atoms with Crippen molar-refractivity contribution in [1.82, 2.24) is 5.32 Å². The number of carbonyl (C=O) groups is 1. The van der Waals surface area contributed by atoms with Crippen molar-refractivity contribution >= 4 is 29.1 Å². The molecule has 2 atom stereocenters. The van der Waals surface area contributed by atoms with E-state index in [4.69, 9.17) is 5.11 Å². The van der Waals surface area contributed by atoms with Gasteiger partial charge in [-0.15, -0.1) is 23.1 Å². The standard InChI is InChI=1S/C10H13NO2S2/c1-2-6-3-4-8(15-6)9-11-7(5-14-9)10(12)13/h3-4,7,9,11H,2,5H2,1H3,(H,12,13)/t7-,9?/m0/s1. The molecular formula is C10H13NO2S2. The minimum Gasteiger partial charge on any atom is -0.480 e. The first-order valence-electron chi connectivity index (χ1n) is 4.89. The lowest BCUT2D eigenvalue weighted by atomic mass is 10.3. The first-order valence-corrected chi connectivity index (χ1v) is 6.76. The maximum atomic E-state index is 10.8. The van der Waals surface area contributed by atoms with Crippen LogP contribution in [0.5, 0.6) is 0 Å². The summed E-state index contributed by atoms with van der Waals surface area (Å²) in [5, 5.41) is 12.1. The molecule has 0 amide bonds. The number of thiophene rings is 1. The topological polar surface area (TPSA) is 49.3 Å². The van der Waals surface area contributed by atoms with E-state index >= 15 is 0 Å². The summed E-state index contributed by atoms with van der Waals surface area (Å²) in [4.78, 5) is 13.4. The minimum atomic E-state index is -0.753. The average molecular weight is 243 g/mol. The molecule has 1 saturated heterocycles. The molecule has 2 N–H and O–H groups in total. The molecule has 0 saturated carbocycles. The SMILES string of the molecule is CCc1ccc(C2N[C@H](C(=O)O)CS2)s1. The largest absolute Gasteiger partial charge is 0.480 e. The van der Waals surface area contributed by atoms with Gasteiger partial charge in [-0.1, -0.05) is 6.92 Å². The summed E-state index contributed by atoms with van der Waals surface area (Å²) in [7, 11) is 0. The predicted octanol–water partition coefficient (Wildman–Crippen LogP) is 2.10. The second-order valence-corrected chi connectivity index (χ2v) is 5.77. The summed E-state index contributed by atoms with van der Waals surface area (Å²) >= 11 is 3.44. The molecule has 0 bridgehead atoms. The third-order valence-electron chi connectivity index (χ3n) is 2.37. The van der Waals surface area contributed by atoms with Crippen molar-refractivity contribution in [2.24, 2.45) is 0 Å². The second-order valence-electron chi connectivity index (χ2n) is 3.43. The van der Waals surface area contributed by atoms with Crippen LogP contribution in [0.1, 0.15) is 22.1 Å². The monoisotopic (exact) mass is 243 g/mol. The summed E-state index contributed by atoms with van der Waals surface area (Å²) in [6, 6.07) is 3.82. The van der Waals surface area contributed by atoms with E-state index in [1.807, 2.05) is 0 Å². The van der Waals surface area contributed by atoms with Crippen molar-refractivity contribution in [1.29, 1.82) is 0 Å². The number of aliphatic carboxylic acids is 1. The zero-order valence-corrected chi connectivity index (χ0v) is 10.0. The quantitative estimate of drug-likeness (QED) is 0.853. The summed E-state index contributed by atoms with van der Waals surface area (Å²) < 4.78 is 0.